The lowest BCUT2D eigenvalue weighted by Gasteiger charge is -2.06. The van der Waals surface area contributed by atoms with Crippen LogP contribution < -0.4 is 0 Å². The summed E-state index contributed by atoms with van der Waals surface area (Å²) in [5.41, 5.74) is -0.278. The second kappa shape index (κ2) is 4.77. The third-order valence-corrected chi connectivity index (χ3v) is 1.73. The van der Waals surface area contributed by atoms with Gasteiger partial charge in [0.1, 0.15) is 0 Å². The molecular formula is C11H8F3O. The Bertz CT molecular complexity index is 366. The molecule has 0 aliphatic carbocycles. The average Bonchev–Trinajstić information content (AvgIpc) is 2.17. The highest BCUT2D eigenvalue weighted by atomic mass is 19.4. The predicted octanol–water partition coefficient (Wildman–Crippen LogP) is 3.22. The van der Waals surface area contributed by atoms with Crippen molar-refractivity contribution in [3.05, 3.63) is 41.5 Å². The van der Waals surface area contributed by atoms with Gasteiger partial charge in [-0.25, -0.2) is 0 Å². The van der Waals surface area contributed by atoms with Crippen LogP contribution in [0.3, 0.4) is 0 Å². The van der Waals surface area contributed by atoms with Crippen LogP contribution >= 0.6 is 0 Å². The van der Waals surface area contributed by atoms with Gasteiger partial charge in [0.05, 0.1) is 5.56 Å². The van der Waals surface area contributed by atoms with Gasteiger partial charge in [-0.1, -0.05) is 24.3 Å². The van der Waals surface area contributed by atoms with Gasteiger partial charge < -0.3 is 0 Å². The Morgan fingerprint density at radius 1 is 1.33 bits per heavy atom. The quantitative estimate of drug-likeness (QED) is 0.753. The average molecular weight is 213 g/mol. The van der Waals surface area contributed by atoms with Gasteiger partial charge in [0, 0.05) is 6.42 Å². The summed E-state index contributed by atoms with van der Waals surface area (Å²) < 4.78 is 36.8. The number of rotatable bonds is 3. The van der Waals surface area contributed by atoms with E-state index >= 15 is 0 Å². The molecule has 1 radical (unpaired) electrons. The lowest BCUT2D eigenvalue weighted by atomic mass is 10.1. The molecule has 0 aliphatic rings. The lowest BCUT2D eigenvalue weighted by Crippen LogP contribution is -2.04. The number of hydrogen-bond donors (Lipinski definition) is 0. The first-order valence-corrected chi connectivity index (χ1v) is 4.23. The zero-order chi connectivity index (χ0) is 11.3. The molecule has 0 unspecified atom stereocenters. The van der Waals surface area contributed by atoms with Crippen LogP contribution in [0.2, 0.25) is 0 Å². The molecule has 1 aromatic rings. The smallest absolute Gasteiger partial charge is 0.291 e. The zero-order valence-corrected chi connectivity index (χ0v) is 7.71. The van der Waals surface area contributed by atoms with Crippen molar-refractivity contribution in [2.24, 2.45) is 0 Å². The second-order valence-electron chi connectivity index (χ2n) is 2.87. The van der Waals surface area contributed by atoms with Gasteiger partial charge in [0.25, 0.3) is 0 Å². The maximum atomic E-state index is 12.3. The van der Waals surface area contributed by atoms with E-state index in [1.54, 1.807) is 6.29 Å². The van der Waals surface area contributed by atoms with Crippen LogP contribution in [-0.2, 0) is 11.0 Å². The van der Waals surface area contributed by atoms with Gasteiger partial charge in [-0.15, -0.1) is 0 Å². The van der Waals surface area contributed by atoms with Gasteiger partial charge in [0.2, 0.25) is 6.29 Å². The first kappa shape index (κ1) is 11.5. The predicted molar refractivity (Wildman–Crippen MR) is 50.8 cm³/mol. The fraction of sp³-hybridized carbons (Fsp3) is 0.182. The lowest BCUT2D eigenvalue weighted by molar-refractivity contribution is -0.137. The Hall–Kier alpha value is -1.58. The summed E-state index contributed by atoms with van der Waals surface area (Å²) in [5, 5.41) is 0. The van der Waals surface area contributed by atoms with Crippen molar-refractivity contribution in [1.29, 1.82) is 0 Å². The largest absolute Gasteiger partial charge is 0.416 e. The number of allylic oxidation sites excluding steroid dienone is 1. The molecule has 1 rings (SSSR count). The third kappa shape index (κ3) is 3.58. The fourth-order valence-electron chi connectivity index (χ4n) is 1.06. The van der Waals surface area contributed by atoms with Crippen molar-refractivity contribution < 1.29 is 18.0 Å². The van der Waals surface area contributed by atoms with Crippen LogP contribution in [0, 0.1) is 0 Å². The molecule has 0 N–H and O–H groups in total. The molecule has 0 saturated heterocycles. The molecule has 0 saturated carbocycles. The van der Waals surface area contributed by atoms with Crippen LogP contribution in [0.15, 0.2) is 30.3 Å². The maximum Gasteiger partial charge on any atom is 0.416 e. The molecule has 4 heteroatoms. The van der Waals surface area contributed by atoms with E-state index in [0.717, 1.165) is 12.1 Å². The number of halogens is 3. The molecular weight excluding hydrogens is 205 g/mol. The van der Waals surface area contributed by atoms with E-state index in [9.17, 15) is 18.0 Å². The van der Waals surface area contributed by atoms with Crippen LogP contribution in [0.4, 0.5) is 13.2 Å². The first-order valence-electron chi connectivity index (χ1n) is 4.23. The van der Waals surface area contributed by atoms with Crippen molar-refractivity contribution in [1.82, 2.24) is 0 Å². The normalized spacial score (nSPS) is 11.9. The minimum absolute atomic E-state index is 0.0796. The van der Waals surface area contributed by atoms with Crippen LogP contribution in [-0.4, -0.2) is 6.29 Å². The molecule has 0 aromatic heterocycles. The molecule has 0 bridgehead atoms. The zero-order valence-electron chi connectivity index (χ0n) is 7.71. The molecule has 0 fully saturated rings. The van der Waals surface area contributed by atoms with Gasteiger partial charge in [-0.2, -0.15) is 13.2 Å². The summed E-state index contributed by atoms with van der Waals surface area (Å²) in [4.78, 5) is 9.87. The summed E-state index contributed by atoms with van der Waals surface area (Å²) in [7, 11) is 0. The third-order valence-electron chi connectivity index (χ3n) is 1.73. The summed E-state index contributed by atoms with van der Waals surface area (Å²) in [6.07, 6.45) is 0.290. The van der Waals surface area contributed by atoms with Crippen LogP contribution in [0.5, 0.6) is 0 Å². The van der Waals surface area contributed by atoms with Gasteiger partial charge in [-0.3, -0.25) is 4.79 Å². The topological polar surface area (TPSA) is 17.1 Å². The van der Waals surface area contributed by atoms with E-state index in [2.05, 4.69) is 0 Å². The Balaban J connectivity index is 2.88. The Morgan fingerprint density at radius 3 is 2.67 bits per heavy atom. The number of alkyl halides is 3. The van der Waals surface area contributed by atoms with Crippen LogP contribution in [0.1, 0.15) is 17.5 Å². The maximum absolute atomic E-state index is 12.3. The van der Waals surface area contributed by atoms with E-state index in [1.165, 1.54) is 24.3 Å². The Morgan fingerprint density at radius 2 is 2.07 bits per heavy atom. The monoisotopic (exact) mass is 213 g/mol. The molecule has 15 heavy (non-hydrogen) atoms. The van der Waals surface area contributed by atoms with E-state index < -0.39 is 11.7 Å². The summed E-state index contributed by atoms with van der Waals surface area (Å²) >= 11 is 0. The van der Waals surface area contributed by atoms with Crippen molar-refractivity contribution in [2.75, 3.05) is 0 Å². The molecule has 0 spiro atoms. The Kier molecular flexibility index (Phi) is 3.66. The molecule has 0 atom stereocenters. The van der Waals surface area contributed by atoms with Gasteiger partial charge in [-0.05, 0) is 17.7 Å². The standard InChI is InChI=1S/C11H8F3O/c12-11(13,14)10-6-3-5-9(8-10)4-1-2-7-15/h1,3-6,8H,2H2. The molecule has 0 aliphatic heterocycles. The minimum Gasteiger partial charge on any atom is -0.291 e. The van der Waals surface area contributed by atoms with E-state index in [-0.39, 0.29) is 6.42 Å². The fourth-order valence-corrected chi connectivity index (χ4v) is 1.06. The van der Waals surface area contributed by atoms with E-state index in [1.807, 2.05) is 0 Å². The molecule has 1 nitrogen and oxygen atoms in total. The van der Waals surface area contributed by atoms with Crippen LogP contribution in [0.25, 0.3) is 6.08 Å². The van der Waals surface area contributed by atoms with Crippen molar-refractivity contribution in [2.45, 2.75) is 12.6 Å². The summed E-state index contributed by atoms with van der Waals surface area (Å²) in [5.74, 6) is 0. The summed E-state index contributed by atoms with van der Waals surface area (Å²) in [6.45, 7) is 0. The number of hydrogen-bond acceptors (Lipinski definition) is 1. The minimum atomic E-state index is -4.33. The molecule has 1 aromatic carbocycles. The SMILES string of the molecule is O=[C]CC=Cc1cccc(C(F)(F)F)c1. The van der Waals surface area contributed by atoms with Gasteiger partial charge >= 0.3 is 6.18 Å². The van der Waals surface area contributed by atoms with Crippen molar-refractivity contribution in [3.8, 4) is 0 Å². The van der Waals surface area contributed by atoms with E-state index in [4.69, 9.17) is 0 Å². The highest BCUT2D eigenvalue weighted by molar-refractivity contribution is 5.58. The first-order chi connectivity index (χ1) is 7.04. The van der Waals surface area contributed by atoms with Gasteiger partial charge in [0.15, 0.2) is 0 Å². The number of carbonyl (C=O) groups excluding carboxylic acids is 1. The second-order valence-corrected chi connectivity index (χ2v) is 2.87. The molecule has 0 amide bonds. The number of benzene rings is 1. The summed E-state index contributed by atoms with van der Waals surface area (Å²) in [6, 6.07) is 4.90. The molecule has 0 heterocycles. The van der Waals surface area contributed by atoms with E-state index in [0.29, 0.717) is 5.56 Å². The highest BCUT2D eigenvalue weighted by Crippen LogP contribution is 2.29. The van der Waals surface area contributed by atoms with Crippen molar-refractivity contribution >= 4 is 12.4 Å². The highest BCUT2D eigenvalue weighted by Gasteiger charge is 2.30. The Labute approximate surface area is 85.2 Å². The van der Waals surface area contributed by atoms with Crippen molar-refractivity contribution in [3.63, 3.8) is 0 Å². The molecule has 79 valence electrons.